The fraction of sp³-hybridized carbons (Fsp3) is 0.778. The highest BCUT2D eigenvalue weighted by atomic mass is 16.7. The molecule has 2 aliphatic heterocycles. The number of amides is 1. The third kappa shape index (κ3) is 10.9. The van der Waals surface area contributed by atoms with Gasteiger partial charge in [-0.2, -0.15) is 0 Å². The molecule has 0 aliphatic carbocycles. The molecule has 9 nitrogen and oxygen atoms in total. The zero-order valence-corrected chi connectivity index (χ0v) is 23.3. The van der Waals surface area contributed by atoms with Crippen molar-refractivity contribution >= 4 is 12.2 Å². The lowest BCUT2D eigenvalue weighted by Gasteiger charge is -2.36. The molecule has 0 saturated carbocycles. The molecule has 0 saturated heterocycles. The molecule has 2 heterocycles. The van der Waals surface area contributed by atoms with E-state index in [1.807, 2.05) is 59.8 Å². The van der Waals surface area contributed by atoms with Crippen LogP contribution in [0.5, 0.6) is 0 Å². The minimum atomic E-state index is -0.793. The fourth-order valence-corrected chi connectivity index (χ4v) is 3.69. The van der Waals surface area contributed by atoms with Gasteiger partial charge in [0, 0.05) is 17.4 Å². The van der Waals surface area contributed by atoms with Gasteiger partial charge in [0.05, 0.1) is 25.9 Å². The maximum atomic E-state index is 12.6. The maximum absolute atomic E-state index is 12.6. The number of nitrogens with one attached hydrogen (secondary N) is 1. The first-order valence-corrected chi connectivity index (χ1v) is 12.6. The number of rotatable bonds is 3. The van der Waals surface area contributed by atoms with Gasteiger partial charge in [-0.05, 0) is 59.6 Å². The second-order valence-corrected chi connectivity index (χ2v) is 12.3. The van der Waals surface area contributed by atoms with Crippen LogP contribution in [-0.4, -0.2) is 67.8 Å². The zero-order chi connectivity index (χ0) is 27.1. The van der Waals surface area contributed by atoms with Gasteiger partial charge in [-0.1, -0.05) is 32.9 Å². The summed E-state index contributed by atoms with van der Waals surface area (Å²) >= 11 is 0. The van der Waals surface area contributed by atoms with Crippen LogP contribution in [0.25, 0.3) is 0 Å². The van der Waals surface area contributed by atoms with Crippen LogP contribution in [-0.2, 0) is 28.4 Å². The Bertz CT molecular complexity index is 800. The molecule has 0 fully saturated rings. The van der Waals surface area contributed by atoms with Gasteiger partial charge < -0.3 is 33.7 Å². The molecular weight excluding hydrogens is 466 g/mol. The molecule has 36 heavy (non-hydrogen) atoms. The highest BCUT2D eigenvalue weighted by molar-refractivity contribution is 5.68. The first kappa shape index (κ1) is 30.1. The zero-order valence-electron chi connectivity index (χ0n) is 23.3. The predicted octanol–water partition coefficient (Wildman–Crippen LogP) is 5.28. The van der Waals surface area contributed by atoms with Gasteiger partial charge in [-0.15, -0.1) is 0 Å². The second-order valence-electron chi connectivity index (χ2n) is 12.3. The van der Waals surface area contributed by atoms with Crippen molar-refractivity contribution in [2.45, 2.75) is 111 Å². The summed E-state index contributed by atoms with van der Waals surface area (Å²) in [5.41, 5.74) is -0.719. The summed E-state index contributed by atoms with van der Waals surface area (Å²) in [4.78, 5) is 25.0. The van der Waals surface area contributed by atoms with Crippen LogP contribution in [0.2, 0.25) is 0 Å². The van der Waals surface area contributed by atoms with E-state index < -0.39 is 48.0 Å². The summed E-state index contributed by atoms with van der Waals surface area (Å²) in [6.45, 7) is 17.8. The summed E-state index contributed by atoms with van der Waals surface area (Å²) in [6, 6.07) is 0. The highest BCUT2D eigenvalue weighted by Crippen LogP contribution is 2.29. The van der Waals surface area contributed by atoms with Crippen LogP contribution in [0.1, 0.15) is 75.2 Å². The molecule has 206 valence electrons. The van der Waals surface area contributed by atoms with E-state index in [1.54, 1.807) is 20.8 Å². The molecule has 0 aromatic carbocycles. The van der Waals surface area contributed by atoms with Gasteiger partial charge in [0.1, 0.15) is 11.7 Å². The highest BCUT2D eigenvalue weighted by Gasteiger charge is 2.36. The molecule has 2 rings (SSSR count). The number of carbonyl (C=O) groups excluding carboxylic acids is 2. The topological polar surface area (TPSA) is 102 Å². The van der Waals surface area contributed by atoms with Crippen molar-refractivity contribution in [1.29, 1.82) is 0 Å². The van der Waals surface area contributed by atoms with E-state index in [1.165, 1.54) is 0 Å². The van der Waals surface area contributed by atoms with Crippen molar-refractivity contribution in [3.05, 3.63) is 23.8 Å². The van der Waals surface area contributed by atoms with Crippen LogP contribution < -0.4 is 5.32 Å². The SMILES string of the molecule is CC(C)(C)NC(=O)OC1/C=C/CCOC(/C2=C\COC(C(C)(C)C)OCC2OC(=O)OC(C)(C)C)C1. The summed E-state index contributed by atoms with van der Waals surface area (Å²) in [5.74, 6) is 0. The van der Waals surface area contributed by atoms with Gasteiger partial charge in [0.25, 0.3) is 0 Å². The molecule has 0 spiro atoms. The molecule has 4 atom stereocenters. The smallest absolute Gasteiger partial charge is 0.442 e. The van der Waals surface area contributed by atoms with E-state index in [0.717, 1.165) is 0 Å². The van der Waals surface area contributed by atoms with Gasteiger partial charge in [-0.25, -0.2) is 9.59 Å². The average molecular weight is 512 g/mol. The molecule has 1 N–H and O–H groups in total. The Morgan fingerprint density at radius 3 is 2.28 bits per heavy atom. The summed E-state index contributed by atoms with van der Waals surface area (Å²) < 4.78 is 35.0. The largest absolute Gasteiger partial charge is 0.509 e. The molecule has 0 bridgehead atoms. The summed E-state index contributed by atoms with van der Waals surface area (Å²) in [6.07, 6.45) is 3.10. The fourth-order valence-electron chi connectivity index (χ4n) is 3.69. The molecule has 4 unspecified atom stereocenters. The molecule has 0 aromatic rings. The van der Waals surface area contributed by atoms with Crippen molar-refractivity contribution in [3.63, 3.8) is 0 Å². The lowest BCUT2D eigenvalue weighted by molar-refractivity contribution is -0.203. The number of ether oxygens (including phenoxy) is 6. The number of hydrogen-bond donors (Lipinski definition) is 1. The Labute approximate surface area is 215 Å². The monoisotopic (exact) mass is 511 g/mol. The standard InChI is InChI=1S/C27H45NO8/c1-25(2,3)22-32-15-13-19(21(17-33-22)35-24(30)36-27(7,8)9)20-16-18(12-10-11-14-31-20)34-23(29)28-26(4,5)6/h10,12-13,18,20-22H,11,14-17H2,1-9H3,(H,28,29)/b12-10+,19-13+. The molecular formula is C27H45NO8. The van der Waals surface area contributed by atoms with Gasteiger partial charge in [-0.3, -0.25) is 0 Å². The Morgan fingerprint density at radius 1 is 0.972 bits per heavy atom. The van der Waals surface area contributed by atoms with E-state index in [0.29, 0.717) is 25.0 Å². The van der Waals surface area contributed by atoms with Gasteiger partial charge in [0.15, 0.2) is 12.4 Å². The Kier molecular flexibility index (Phi) is 10.4. The van der Waals surface area contributed by atoms with E-state index in [9.17, 15) is 9.59 Å². The van der Waals surface area contributed by atoms with Crippen molar-refractivity contribution < 1.29 is 38.0 Å². The molecule has 0 radical (unpaired) electrons. The second kappa shape index (κ2) is 12.4. The van der Waals surface area contributed by atoms with Gasteiger partial charge >= 0.3 is 12.2 Å². The van der Waals surface area contributed by atoms with E-state index in [-0.39, 0.29) is 18.6 Å². The van der Waals surface area contributed by atoms with Crippen molar-refractivity contribution in [1.82, 2.24) is 5.32 Å². The third-order valence-electron chi connectivity index (χ3n) is 5.18. The summed E-state index contributed by atoms with van der Waals surface area (Å²) in [5, 5.41) is 2.81. The third-order valence-corrected chi connectivity index (χ3v) is 5.18. The minimum absolute atomic E-state index is 0.0682. The first-order chi connectivity index (χ1) is 16.5. The van der Waals surface area contributed by atoms with E-state index in [2.05, 4.69) is 5.32 Å². The first-order valence-electron chi connectivity index (χ1n) is 12.6. The lowest BCUT2D eigenvalue weighted by atomic mass is 9.94. The van der Waals surface area contributed by atoms with E-state index >= 15 is 0 Å². The maximum Gasteiger partial charge on any atom is 0.509 e. The molecule has 0 aromatic heterocycles. The van der Waals surface area contributed by atoms with Crippen molar-refractivity contribution in [2.24, 2.45) is 5.41 Å². The van der Waals surface area contributed by atoms with Crippen LogP contribution in [0.15, 0.2) is 23.8 Å². The number of hydrogen-bond acceptors (Lipinski definition) is 8. The molecule has 2 aliphatic rings. The van der Waals surface area contributed by atoms with Crippen LogP contribution >= 0.6 is 0 Å². The van der Waals surface area contributed by atoms with E-state index in [4.69, 9.17) is 28.4 Å². The van der Waals surface area contributed by atoms with Gasteiger partial charge in [0.2, 0.25) is 0 Å². The average Bonchev–Trinajstić information content (AvgIpc) is 2.63. The van der Waals surface area contributed by atoms with Crippen LogP contribution in [0, 0.1) is 5.41 Å². The normalized spacial score (nSPS) is 28.8. The summed E-state index contributed by atoms with van der Waals surface area (Å²) in [7, 11) is 0. The Morgan fingerprint density at radius 2 is 1.67 bits per heavy atom. The number of carbonyl (C=O) groups is 2. The van der Waals surface area contributed by atoms with Crippen molar-refractivity contribution in [2.75, 3.05) is 19.8 Å². The number of alkyl carbamates (subject to hydrolysis) is 1. The quantitative estimate of drug-likeness (QED) is 0.403. The molecule has 1 amide bonds. The predicted molar refractivity (Wildman–Crippen MR) is 136 cm³/mol. The van der Waals surface area contributed by atoms with Crippen LogP contribution in [0.4, 0.5) is 9.59 Å². The molecule has 9 heteroatoms. The Balaban J connectivity index is 2.27. The Hall–Kier alpha value is -2.10. The minimum Gasteiger partial charge on any atom is -0.442 e. The van der Waals surface area contributed by atoms with Crippen molar-refractivity contribution in [3.8, 4) is 0 Å². The van der Waals surface area contributed by atoms with Crippen LogP contribution in [0.3, 0.4) is 0 Å². The lowest BCUT2D eigenvalue weighted by Crippen LogP contribution is -2.44.